The molecule has 154 valence electrons. The number of hydrogen-bond donors (Lipinski definition) is 1. The zero-order chi connectivity index (χ0) is 21.3. The van der Waals surface area contributed by atoms with Gasteiger partial charge in [0.15, 0.2) is 0 Å². The number of carboxylic acids is 1. The number of carbonyl (C=O) groups excluding carboxylic acids is 1. The van der Waals surface area contributed by atoms with Crippen molar-refractivity contribution >= 4 is 12.1 Å². The molecule has 1 amide bonds. The predicted molar refractivity (Wildman–Crippen MR) is 111 cm³/mol. The van der Waals surface area contributed by atoms with Gasteiger partial charge in [-0.1, -0.05) is 18.2 Å². The number of ether oxygens (including phenoxy) is 2. The fourth-order valence-electron chi connectivity index (χ4n) is 3.06. The van der Waals surface area contributed by atoms with Crippen LogP contribution in [-0.4, -0.2) is 46.9 Å². The van der Waals surface area contributed by atoms with E-state index in [1.165, 1.54) is 11.6 Å². The highest BCUT2D eigenvalue weighted by atomic mass is 16.6. The Bertz CT molecular complexity index is 939. The maximum Gasteiger partial charge on any atom is 0.410 e. The number of nitrogens with zero attached hydrogens (tertiary/aromatic N) is 1. The molecule has 0 bridgehead atoms. The first-order valence-corrected chi connectivity index (χ1v) is 9.62. The van der Waals surface area contributed by atoms with Crippen LogP contribution in [0.25, 0.3) is 11.1 Å². The van der Waals surface area contributed by atoms with E-state index in [-0.39, 0.29) is 17.8 Å². The Hall–Kier alpha value is -3.02. The van der Waals surface area contributed by atoms with Crippen LogP contribution in [0.5, 0.6) is 5.75 Å². The van der Waals surface area contributed by atoms with Gasteiger partial charge in [-0.3, -0.25) is 0 Å². The summed E-state index contributed by atoms with van der Waals surface area (Å²) in [7, 11) is 0. The summed E-state index contributed by atoms with van der Waals surface area (Å²) in [5.41, 5.74) is 3.66. The monoisotopic (exact) mass is 397 g/mol. The van der Waals surface area contributed by atoms with Gasteiger partial charge in [-0.25, -0.2) is 9.59 Å². The average molecular weight is 397 g/mol. The van der Waals surface area contributed by atoms with Gasteiger partial charge < -0.3 is 19.5 Å². The van der Waals surface area contributed by atoms with Gasteiger partial charge >= 0.3 is 12.1 Å². The summed E-state index contributed by atoms with van der Waals surface area (Å²) >= 11 is 0. The van der Waals surface area contributed by atoms with Crippen molar-refractivity contribution in [3.8, 4) is 16.9 Å². The second-order valence-corrected chi connectivity index (χ2v) is 8.48. The molecular weight excluding hydrogens is 370 g/mol. The number of carbonyl (C=O) groups is 2. The minimum absolute atomic E-state index is 0.166. The van der Waals surface area contributed by atoms with Gasteiger partial charge in [-0.05, 0) is 75.1 Å². The zero-order valence-electron chi connectivity index (χ0n) is 17.5. The molecule has 6 heteroatoms. The van der Waals surface area contributed by atoms with E-state index in [9.17, 15) is 14.7 Å². The SMILES string of the molecule is Cc1ccc(-c2cc(OC3CN(C(=O)OC(C)(C)C)C3)cc(C(=O)O)c2)cc1C. The van der Waals surface area contributed by atoms with E-state index in [0.717, 1.165) is 16.7 Å². The van der Waals surface area contributed by atoms with Crippen LogP contribution < -0.4 is 4.74 Å². The number of rotatable bonds is 4. The number of amides is 1. The van der Waals surface area contributed by atoms with E-state index in [1.54, 1.807) is 11.0 Å². The highest BCUT2D eigenvalue weighted by molar-refractivity contribution is 5.90. The molecule has 0 radical (unpaired) electrons. The minimum Gasteiger partial charge on any atom is -0.487 e. The van der Waals surface area contributed by atoms with E-state index in [4.69, 9.17) is 9.47 Å². The normalized spacial score (nSPS) is 14.3. The summed E-state index contributed by atoms with van der Waals surface area (Å²) in [6.45, 7) is 10.3. The molecule has 2 aromatic carbocycles. The fraction of sp³-hybridized carbons (Fsp3) is 0.391. The van der Waals surface area contributed by atoms with Crippen LogP contribution in [0.15, 0.2) is 36.4 Å². The van der Waals surface area contributed by atoms with Crippen LogP contribution in [0.2, 0.25) is 0 Å². The first-order chi connectivity index (χ1) is 13.5. The van der Waals surface area contributed by atoms with E-state index < -0.39 is 11.6 Å². The molecule has 0 atom stereocenters. The molecule has 3 rings (SSSR count). The number of carboxylic acid groups (broad SMARTS) is 1. The summed E-state index contributed by atoms with van der Waals surface area (Å²) in [5, 5.41) is 9.48. The van der Waals surface area contributed by atoms with Crippen molar-refractivity contribution in [1.82, 2.24) is 4.90 Å². The Morgan fingerprint density at radius 3 is 2.28 bits per heavy atom. The van der Waals surface area contributed by atoms with Crippen molar-refractivity contribution in [2.24, 2.45) is 0 Å². The number of hydrogen-bond acceptors (Lipinski definition) is 4. The van der Waals surface area contributed by atoms with E-state index in [0.29, 0.717) is 18.8 Å². The number of benzene rings is 2. The molecule has 0 aromatic heterocycles. The molecule has 0 spiro atoms. The molecule has 1 fully saturated rings. The van der Waals surface area contributed by atoms with Gasteiger partial charge in [0.1, 0.15) is 17.5 Å². The molecule has 0 saturated carbocycles. The second kappa shape index (κ2) is 7.78. The summed E-state index contributed by atoms with van der Waals surface area (Å²) in [4.78, 5) is 25.2. The molecule has 0 unspecified atom stereocenters. The van der Waals surface area contributed by atoms with Crippen molar-refractivity contribution in [2.45, 2.75) is 46.3 Å². The molecule has 1 aliphatic rings. The Morgan fingerprint density at radius 2 is 1.69 bits per heavy atom. The van der Waals surface area contributed by atoms with Crippen molar-refractivity contribution in [1.29, 1.82) is 0 Å². The molecular formula is C23H27NO5. The quantitative estimate of drug-likeness (QED) is 0.812. The first kappa shape index (κ1) is 20.7. The smallest absolute Gasteiger partial charge is 0.410 e. The Labute approximate surface area is 171 Å². The lowest BCUT2D eigenvalue weighted by Crippen LogP contribution is -2.57. The largest absolute Gasteiger partial charge is 0.487 e. The third-order valence-electron chi connectivity index (χ3n) is 4.80. The van der Waals surface area contributed by atoms with Crippen molar-refractivity contribution < 1.29 is 24.2 Å². The van der Waals surface area contributed by atoms with Crippen molar-refractivity contribution in [3.05, 3.63) is 53.1 Å². The molecule has 1 N–H and O–H groups in total. The summed E-state index contributed by atoms with van der Waals surface area (Å²) in [5.74, 6) is -0.531. The third-order valence-corrected chi connectivity index (χ3v) is 4.80. The highest BCUT2D eigenvalue weighted by Gasteiger charge is 2.35. The minimum atomic E-state index is -1.01. The average Bonchev–Trinajstić information content (AvgIpc) is 2.58. The Kier molecular flexibility index (Phi) is 5.55. The van der Waals surface area contributed by atoms with Gasteiger partial charge in [0.25, 0.3) is 0 Å². The van der Waals surface area contributed by atoms with E-state index >= 15 is 0 Å². The lowest BCUT2D eigenvalue weighted by atomic mass is 9.98. The fourth-order valence-corrected chi connectivity index (χ4v) is 3.06. The topological polar surface area (TPSA) is 76.1 Å². The van der Waals surface area contributed by atoms with E-state index in [2.05, 4.69) is 0 Å². The van der Waals surface area contributed by atoms with Crippen LogP contribution in [0.3, 0.4) is 0 Å². The van der Waals surface area contributed by atoms with Crippen LogP contribution in [0, 0.1) is 13.8 Å². The molecule has 6 nitrogen and oxygen atoms in total. The van der Waals surface area contributed by atoms with Gasteiger partial charge in [-0.15, -0.1) is 0 Å². The predicted octanol–water partition coefficient (Wildman–Crippen LogP) is 4.67. The number of aromatic carboxylic acids is 1. The van der Waals surface area contributed by atoms with Crippen molar-refractivity contribution in [2.75, 3.05) is 13.1 Å². The summed E-state index contributed by atoms with van der Waals surface area (Å²) < 4.78 is 11.3. The maximum absolute atomic E-state index is 12.1. The highest BCUT2D eigenvalue weighted by Crippen LogP contribution is 2.29. The number of likely N-dealkylation sites (tertiary alicyclic amines) is 1. The Morgan fingerprint density at radius 1 is 1.00 bits per heavy atom. The van der Waals surface area contributed by atoms with Crippen molar-refractivity contribution in [3.63, 3.8) is 0 Å². The van der Waals surface area contributed by atoms with Crippen LogP contribution in [0.4, 0.5) is 4.79 Å². The van der Waals surface area contributed by atoms with Gasteiger partial charge in [0, 0.05) is 0 Å². The second-order valence-electron chi connectivity index (χ2n) is 8.48. The summed E-state index contributed by atoms with van der Waals surface area (Å²) in [6.07, 6.45) is -0.563. The Balaban J connectivity index is 1.75. The first-order valence-electron chi connectivity index (χ1n) is 9.62. The summed E-state index contributed by atoms with van der Waals surface area (Å²) in [6, 6.07) is 11.0. The molecule has 0 aliphatic carbocycles. The van der Waals surface area contributed by atoms with Crippen LogP contribution in [-0.2, 0) is 4.74 Å². The van der Waals surface area contributed by atoms with Crippen LogP contribution in [0.1, 0.15) is 42.3 Å². The van der Waals surface area contributed by atoms with E-state index in [1.807, 2.05) is 58.9 Å². The lowest BCUT2D eigenvalue weighted by Gasteiger charge is -2.39. The van der Waals surface area contributed by atoms with Gasteiger partial charge in [0.05, 0.1) is 18.7 Å². The van der Waals surface area contributed by atoms with Crippen LogP contribution >= 0.6 is 0 Å². The maximum atomic E-state index is 12.1. The molecule has 1 aliphatic heterocycles. The molecule has 2 aromatic rings. The standard InChI is InChI=1S/C23H27NO5/c1-14-6-7-16(8-15(14)2)17-9-18(21(25)26)11-19(10-17)28-20-12-24(13-20)22(27)29-23(3,4)5/h6-11,20H,12-13H2,1-5H3,(H,25,26). The molecule has 29 heavy (non-hydrogen) atoms. The third kappa shape index (κ3) is 5.08. The zero-order valence-corrected chi connectivity index (χ0v) is 17.5. The molecule has 1 saturated heterocycles. The van der Waals surface area contributed by atoms with Gasteiger partial charge in [0.2, 0.25) is 0 Å². The number of aryl methyl sites for hydroxylation is 2. The molecule has 1 heterocycles. The lowest BCUT2D eigenvalue weighted by molar-refractivity contribution is -0.0221. The van der Waals surface area contributed by atoms with Gasteiger partial charge in [-0.2, -0.15) is 0 Å².